The average Bonchev–Trinajstić information content (AvgIpc) is 3.26. The molecule has 0 aromatic carbocycles. The third kappa shape index (κ3) is 5.82. The van der Waals surface area contributed by atoms with Crippen LogP contribution in [0.25, 0.3) is 0 Å². The molecule has 2 aromatic heterocycles. The second-order valence-electron chi connectivity index (χ2n) is 5.94. The van der Waals surface area contributed by atoms with Gasteiger partial charge in [0.05, 0.1) is 12.6 Å². The lowest BCUT2D eigenvalue weighted by molar-refractivity contribution is 0.310. The maximum Gasteiger partial charge on any atom is 0.191 e. The van der Waals surface area contributed by atoms with Crippen LogP contribution in [0.1, 0.15) is 30.6 Å². The number of likely N-dealkylation sites (N-methyl/N-ethyl adjacent to an activating group) is 1. The molecular weight excluding hydrogens is 334 g/mol. The molecule has 0 saturated heterocycles. The van der Waals surface area contributed by atoms with Crippen LogP contribution in [-0.4, -0.2) is 59.4 Å². The first-order valence-corrected chi connectivity index (χ1v) is 9.62. The number of nitrogens with one attached hydrogen (secondary N) is 2. The third-order valence-corrected chi connectivity index (χ3v) is 4.89. The molecule has 0 radical (unpaired) electrons. The molecule has 7 nitrogen and oxygen atoms in total. The van der Waals surface area contributed by atoms with Crippen LogP contribution in [0.4, 0.5) is 0 Å². The Labute approximate surface area is 154 Å². The van der Waals surface area contributed by atoms with E-state index in [0.717, 1.165) is 44.4 Å². The summed E-state index contributed by atoms with van der Waals surface area (Å²) in [6.07, 6.45) is 2.67. The van der Waals surface area contributed by atoms with Crippen molar-refractivity contribution in [1.82, 2.24) is 30.3 Å². The first-order chi connectivity index (χ1) is 12.2. The summed E-state index contributed by atoms with van der Waals surface area (Å²) in [5, 5.41) is 16.9. The number of nitrogens with zero attached hydrogens (tertiary/aromatic N) is 5. The molecular formula is C17H29N7S. The molecule has 2 aromatic rings. The monoisotopic (exact) mass is 363 g/mol. The van der Waals surface area contributed by atoms with Crippen molar-refractivity contribution in [3.63, 3.8) is 0 Å². The summed E-state index contributed by atoms with van der Waals surface area (Å²) < 4.78 is 2.07. The van der Waals surface area contributed by atoms with E-state index in [1.165, 1.54) is 4.88 Å². The SMILES string of the molecule is CCNC(=NCC(c1cccs1)N(C)C)NCCn1cnnc1CC. The zero-order chi connectivity index (χ0) is 18.1. The molecule has 1 unspecified atom stereocenters. The Kier molecular flexibility index (Phi) is 7.87. The summed E-state index contributed by atoms with van der Waals surface area (Å²) in [5.41, 5.74) is 0. The second-order valence-corrected chi connectivity index (χ2v) is 6.91. The number of guanidine groups is 1. The van der Waals surface area contributed by atoms with Crippen molar-refractivity contribution in [1.29, 1.82) is 0 Å². The molecule has 8 heteroatoms. The van der Waals surface area contributed by atoms with Crippen molar-refractivity contribution >= 4 is 17.3 Å². The highest BCUT2D eigenvalue weighted by Crippen LogP contribution is 2.23. The van der Waals surface area contributed by atoms with Gasteiger partial charge in [-0.05, 0) is 32.5 Å². The maximum absolute atomic E-state index is 4.77. The predicted molar refractivity (Wildman–Crippen MR) is 104 cm³/mol. The van der Waals surface area contributed by atoms with E-state index in [0.29, 0.717) is 6.04 Å². The summed E-state index contributed by atoms with van der Waals surface area (Å²) in [6, 6.07) is 4.55. The number of hydrogen-bond acceptors (Lipinski definition) is 5. The third-order valence-electron chi connectivity index (χ3n) is 3.92. The van der Waals surface area contributed by atoms with E-state index in [4.69, 9.17) is 4.99 Å². The van der Waals surface area contributed by atoms with Gasteiger partial charge in [-0.3, -0.25) is 4.99 Å². The summed E-state index contributed by atoms with van der Waals surface area (Å²) >= 11 is 1.78. The van der Waals surface area contributed by atoms with Gasteiger partial charge in [-0.1, -0.05) is 13.0 Å². The van der Waals surface area contributed by atoms with Gasteiger partial charge in [0.2, 0.25) is 0 Å². The van der Waals surface area contributed by atoms with Crippen molar-refractivity contribution in [2.75, 3.05) is 33.7 Å². The number of aromatic nitrogens is 3. The minimum Gasteiger partial charge on any atom is -0.357 e. The fourth-order valence-corrected chi connectivity index (χ4v) is 3.46. The van der Waals surface area contributed by atoms with Gasteiger partial charge in [0.15, 0.2) is 5.96 Å². The Bertz CT molecular complexity index is 633. The molecule has 0 amide bonds. The van der Waals surface area contributed by atoms with Crippen molar-refractivity contribution in [3.8, 4) is 0 Å². The number of thiophene rings is 1. The van der Waals surface area contributed by atoms with Crippen LogP contribution >= 0.6 is 11.3 Å². The second kappa shape index (κ2) is 10.1. The molecule has 138 valence electrons. The minimum absolute atomic E-state index is 0.292. The maximum atomic E-state index is 4.77. The molecule has 0 aliphatic rings. The molecule has 1 atom stereocenters. The van der Waals surface area contributed by atoms with Crippen LogP contribution in [0.2, 0.25) is 0 Å². The Hall–Kier alpha value is -1.93. The first-order valence-electron chi connectivity index (χ1n) is 8.74. The highest BCUT2D eigenvalue weighted by atomic mass is 32.1. The average molecular weight is 364 g/mol. The Morgan fingerprint density at radius 1 is 1.36 bits per heavy atom. The lowest BCUT2D eigenvalue weighted by atomic mass is 10.2. The van der Waals surface area contributed by atoms with E-state index in [9.17, 15) is 0 Å². The van der Waals surface area contributed by atoms with Crippen molar-refractivity contribution in [2.24, 2.45) is 4.99 Å². The van der Waals surface area contributed by atoms with E-state index in [2.05, 4.69) is 75.8 Å². The standard InChI is InChI=1S/C17H29N7S/c1-5-16-22-21-13-24(16)10-9-19-17(18-6-2)20-12-14(23(3)4)15-8-7-11-25-15/h7-8,11,13-14H,5-6,9-10,12H2,1-4H3,(H2,18,19,20). The summed E-state index contributed by atoms with van der Waals surface area (Å²) in [4.78, 5) is 8.32. The van der Waals surface area contributed by atoms with Crippen LogP contribution < -0.4 is 10.6 Å². The highest BCUT2D eigenvalue weighted by molar-refractivity contribution is 7.10. The topological polar surface area (TPSA) is 70.4 Å². The van der Waals surface area contributed by atoms with E-state index >= 15 is 0 Å². The first kappa shape index (κ1) is 19.4. The molecule has 2 N–H and O–H groups in total. The quantitative estimate of drug-likeness (QED) is 0.525. The van der Waals surface area contributed by atoms with E-state index in [1.807, 2.05) is 0 Å². The van der Waals surface area contributed by atoms with Crippen LogP contribution in [0.5, 0.6) is 0 Å². The van der Waals surface area contributed by atoms with Gasteiger partial charge in [-0.25, -0.2) is 0 Å². The zero-order valence-electron chi connectivity index (χ0n) is 15.6. The predicted octanol–water partition coefficient (Wildman–Crippen LogP) is 1.76. The largest absolute Gasteiger partial charge is 0.357 e. The molecule has 2 heterocycles. The van der Waals surface area contributed by atoms with Crippen molar-refractivity contribution < 1.29 is 0 Å². The molecule has 0 aliphatic heterocycles. The normalized spacial score (nSPS) is 13.2. The van der Waals surface area contributed by atoms with E-state index < -0.39 is 0 Å². The summed E-state index contributed by atoms with van der Waals surface area (Å²) in [7, 11) is 4.19. The number of hydrogen-bond donors (Lipinski definition) is 2. The van der Waals surface area contributed by atoms with Crippen LogP contribution in [0.15, 0.2) is 28.8 Å². The fourth-order valence-electron chi connectivity index (χ4n) is 2.54. The summed E-state index contributed by atoms with van der Waals surface area (Å²) in [6.45, 7) is 7.32. The molecule has 0 fully saturated rings. The number of rotatable bonds is 9. The van der Waals surface area contributed by atoms with Crippen LogP contribution in [0.3, 0.4) is 0 Å². The van der Waals surface area contributed by atoms with Crippen molar-refractivity contribution in [2.45, 2.75) is 32.9 Å². The highest BCUT2D eigenvalue weighted by Gasteiger charge is 2.14. The smallest absolute Gasteiger partial charge is 0.191 e. The number of aliphatic imine (C=N–C) groups is 1. The lowest BCUT2D eigenvalue weighted by Gasteiger charge is -2.22. The van der Waals surface area contributed by atoms with Crippen LogP contribution in [0, 0.1) is 0 Å². The molecule has 2 rings (SSSR count). The number of aryl methyl sites for hydroxylation is 1. The molecule has 0 bridgehead atoms. The van der Waals surface area contributed by atoms with Gasteiger partial charge in [0.1, 0.15) is 12.2 Å². The Morgan fingerprint density at radius 3 is 2.84 bits per heavy atom. The van der Waals surface area contributed by atoms with Crippen LogP contribution in [-0.2, 0) is 13.0 Å². The molecule has 25 heavy (non-hydrogen) atoms. The molecule has 0 saturated carbocycles. The molecule has 0 aliphatic carbocycles. The van der Waals surface area contributed by atoms with Gasteiger partial charge in [-0.15, -0.1) is 21.5 Å². The van der Waals surface area contributed by atoms with E-state index in [1.54, 1.807) is 17.7 Å². The Morgan fingerprint density at radius 2 is 2.20 bits per heavy atom. The molecule has 0 spiro atoms. The summed E-state index contributed by atoms with van der Waals surface area (Å²) in [5.74, 6) is 1.85. The van der Waals surface area contributed by atoms with Gasteiger partial charge < -0.3 is 20.1 Å². The minimum atomic E-state index is 0.292. The van der Waals surface area contributed by atoms with Gasteiger partial charge in [0, 0.05) is 30.9 Å². The van der Waals surface area contributed by atoms with Gasteiger partial charge >= 0.3 is 0 Å². The Balaban J connectivity index is 1.93. The zero-order valence-corrected chi connectivity index (χ0v) is 16.4. The lowest BCUT2D eigenvalue weighted by Crippen LogP contribution is -2.39. The van der Waals surface area contributed by atoms with E-state index in [-0.39, 0.29) is 0 Å². The fraction of sp³-hybridized carbons (Fsp3) is 0.588. The van der Waals surface area contributed by atoms with Gasteiger partial charge in [-0.2, -0.15) is 0 Å². The van der Waals surface area contributed by atoms with Crippen molar-refractivity contribution in [3.05, 3.63) is 34.5 Å². The van der Waals surface area contributed by atoms with Gasteiger partial charge in [0.25, 0.3) is 0 Å².